The van der Waals surface area contributed by atoms with E-state index < -0.39 is 0 Å². The predicted octanol–water partition coefficient (Wildman–Crippen LogP) is 2.99. The Morgan fingerprint density at radius 1 is 1.14 bits per heavy atom. The van der Waals surface area contributed by atoms with Crippen LogP contribution in [0.3, 0.4) is 0 Å². The van der Waals surface area contributed by atoms with Crippen molar-refractivity contribution in [1.29, 1.82) is 0 Å². The molecule has 35 heavy (non-hydrogen) atoms. The molecule has 6 nitrogen and oxygen atoms in total. The van der Waals surface area contributed by atoms with Crippen LogP contribution in [0.4, 0.5) is 4.39 Å². The molecule has 4 atom stereocenters. The Labute approximate surface area is 206 Å². The van der Waals surface area contributed by atoms with Gasteiger partial charge in [-0.05, 0) is 34.6 Å². The maximum Gasteiger partial charge on any atom is 0.229 e. The molecule has 2 bridgehead atoms. The monoisotopic (exact) mass is 476 g/mol. The number of nitrogens with one attached hydrogen (secondary N) is 2. The van der Waals surface area contributed by atoms with E-state index in [-0.39, 0.29) is 23.1 Å². The van der Waals surface area contributed by atoms with E-state index in [9.17, 15) is 9.18 Å². The first kappa shape index (κ1) is 23.7. The number of amides is 1. The van der Waals surface area contributed by atoms with Crippen molar-refractivity contribution < 1.29 is 14.1 Å². The number of rotatable bonds is 6. The zero-order chi connectivity index (χ0) is 24.6. The quantitative estimate of drug-likeness (QED) is 0.575. The molecule has 3 fully saturated rings. The van der Waals surface area contributed by atoms with Crippen LogP contribution < -0.4 is 10.2 Å². The fraction of sp³-hybridized carbons (Fsp3) is 0.464. The van der Waals surface area contributed by atoms with E-state index in [0.717, 1.165) is 49.3 Å². The SMILES string of the molecule is CC(C)(C)c1ccc(-c2cn(C[C@H]3C[C@H]4CC[NH+]3C[C@@H]4C(=O)NCc3ccc(F)cc3)nn2)cc1. The van der Waals surface area contributed by atoms with Crippen LogP contribution in [0.15, 0.2) is 54.7 Å². The van der Waals surface area contributed by atoms with Crippen LogP contribution in [0.1, 0.15) is 44.7 Å². The minimum atomic E-state index is -0.259. The number of fused-ring (bicyclic) bond motifs is 3. The Morgan fingerprint density at radius 3 is 2.54 bits per heavy atom. The second-order valence-corrected chi connectivity index (χ2v) is 11.2. The van der Waals surface area contributed by atoms with Crippen LogP contribution in [0, 0.1) is 17.7 Å². The van der Waals surface area contributed by atoms with Gasteiger partial charge < -0.3 is 10.2 Å². The number of benzene rings is 2. The predicted molar refractivity (Wildman–Crippen MR) is 133 cm³/mol. The largest absolute Gasteiger partial charge is 0.352 e. The van der Waals surface area contributed by atoms with Gasteiger partial charge in [-0.15, -0.1) is 5.10 Å². The van der Waals surface area contributed by atoms with Gasteiger partial charge in [-0.3, -0.25) is 4.79 Å². The van der Waals surface area contributed by atoms with Crippen LogP contribution in [0.25, 0.3) is 11.3 Å². The number of hydrogen-bond acceptors (Lipinski definition) is 3. The number of quaternary nitrogens is 1. The number of halogens is 1. The molecule has 1 aromatic heterocycles. The van der Waals surface area contributed by atoms with Gasteiger partial charge in [0.05, 0.1) is 31.7 Å². The molecule has 7 heteroatoms. The van der Waals surface area contributed by atoms with Crippen molar-refractivity contribution in [2.45, 2.75) is 58.2 Å². The first-order valence-electron chi connectivity index (χ1n) is 12.6. The summed E-state index contributed by atoms with van der Waals surface area (Å²) in [6.45, 7) is 9.88. The fourth-order valence-corrected chi connectivity index (χ4v) is 5.63. The summed E-state index contributed by atoms with van der Waals surface area (Å²) in [5, 5.41) is 11.9. The summed E-state index contributed by atoms with van der Waals surface area (Å²) in [5.41, 5.74) is 4.33. The van der Waals surface area contributed by atoms with Crippen molar-refractivity contribution in [2.75, 3.05) is 13.1 Å². The molecule has 3 aliphatic heterocycles. The van der Waals surface area contributed by atoms with Crippen molar-refractivity contribution in [3.63, 3.8) is 0 Å². The van der Waals surface area contributed by atoms with Crippen molar-refractivity contribution in [3.05, 3.63) is 71.7 Å². The van der Waals surface area contributed by atoms with Gasteiger partial charge in [0.1, 0.15) is 17.6 Å². The van der Waals surface area contributed by atoms with Crippen molar-refractivity contribution in [2.24, 2.45) is 11.8 Å². The van der Waals surface area contributed by atoms with Crippen molar-refractivity contribution >= 4 is 5.91 Å². The first-order valence-corrected chi connectivity index (χ1v) is 12.6. The van der Waals surface area contributed by atoms with Crippen molar-refractivity contribution in [1.82, 2.24) is 20.3 Å². The molecule has 3 aliphatic rings. The van der Waals surface area contributed by atoms with E-state index in [1.54, 1.807) is 12.1 Å². The van der Waals surface area contributed by atoms with E-state index in [2.05, 4.69) is 60.7 Å². The molecule has 0 spiro atoms. The normalized spacial score (nSPS) is 23.9. The van der Waals surface area contributed by atoms with Gasteiger partial charge in [0, 0.05) is 24.9 Å². The van der Waals surface area contributed by atoms with Crippen LogP contribution in [-0.2, 0) is 23.3 Å². The lowest BCUT2D eigenvalue weighted by molar-refractivity contribution is -0.945. The molecule has 3 aromatic rings. The highest BCUT2D eigenvalue weighted by molar-refractivity contribution is 5.79. The summed E-state index contributed by atoms with van der Waals surface area (Å²) in [4.78, 5) is 14.4. The standard InChI is InChI=1S/C28H34FN5O/c1-28(2,3)22-8-6-20(7-9-22)26-18-34(32-31-26)16-24-14-21-12-13-33(24)17-25(21)27(35)30-15-19-4-10-23(29)11-5-19/h4-11,18,21,24-25H,12-17H2,1-3H3,(H,30,35)/p+1/t21-,24-,25+/m1/s1. The first-order chi connectivity index (χ1) is 16.8. The molecule has 1 unspecified atom stereocenters. The third-order valence-electron chi connectivity index (χ3n) is 7.76. The summed E-state index contributed by atoms with van der Waals surface area (Å²) >= 11 is 0. The molecule has 184 valence electrons. The lowest BCUT2D eigenvalue weighted by Gasteiger charge is -2.46. The summed E-state index contributed by atoms with van der Waals surface area (Å²) < 4.78 is 15.1. The van der Waals surface area contributed by atoms with E-state index >= 15 is 0 Å². The molecular weight excluding hydrogens is 441 g/mol. The average Bonchev–Trinajstić information content (AvgIpc) is 3.32. The Balaban J connectivity index is 1.17. The Morgan fingerprint density at radius 2 is 1.89 bits per heavy atom. The van der Waals surface area contributed by atoms with Crippen molar-refractivity contribution in [3.8, 4) is 11.3 Å². The van der Waals surface area contributed by atoms with Gasteiger partial charge in [0.25, 0.3) is 0 Å². The highest BCUT2D eigenvalue weighted by Crippen LogP contribution is 2.28. The summed E-state index contributed by atoms with van der Waals surface area (Å²) in [6, 6.07) is 15.4. The van der Waals surface area contributed by atoms with Gasteiger partial charge in [0.2, 0.25) is 5.91 Å². The zero-order valence-electron chi connectivity index (χ0n) is 20.8. The summed E-state index contributed by atoms with van der Waals surface area (Å²) in [5.74, 6) is 0.309. The van der Waals surface area contributed by atoms with Gasteiger partial charge in [-0.1, -0.05) is 62.4 Å². The third-order valence-corrected chi connectivity index (χ3v) is 7.76. The number of carbonyl (C=O) groups excluding carboxylic acids is 1. The molecular formula is C28H35FN5O+. The fourth-order valence-electron chi connectivity index (χ4n) is 5.63. The number of aromatic nitrogens is 3. The average molecular weight is 477 g/mol. The molecule has 3 saturated heterocycles. The lowest BCUT2D eigenvalue weighted by Crippen LogP contribution is -3.20. The van der Waals surface area contributed by atoms with Gasteiger partial charge in [-0.25, -0.2) is 9.07 Å². The molecule has 0 saturated carbocycles. The summed E-state index contributed by atoms with van der Waals surface area (Å²) in [7, 11) is 0. The molecule has 2 aromatic carbocycles. The van der Waals surface area contributed by atoms with Gasteiger partial charge in [-0.2, -0.15) is 0 Å². The molecule has 0 aliphatic carbocycles. The van der Waals surface area contributed by atoms with E-state index in [1.165, 1.54) is 22.6 Å². The van der Waals surface area contributed by atoms with E-state index in [4.69, 9.17) is 0 Å². The van der Waals surface area contributed by atoms with E-state index in [1.807, 2.05) is 10.9 Å². The van der Waals surface area contributed by atoms with Crippen LogP contribution in [-0.4, -0.2) is 40.0 Å². The molecule has 4 heterocycles. The minimum Gasteiger partial charge on any atom is -0.352 e. The summed E-state index contributed by atoms with van der Waals surface area (Å²) in [6.07, 6.45) is 4.16. The maximum atomic E-state index is 13.1. The van der Waals surface area contributed by atoms with Crippen LogP contribution in [0.2, 0.25) is 0 Å². The second kappa shape index (κ2) is 9.53. The lowest BCUT2D eigenvalue weighted by atomic mass is 9.75. The number of hydrogen-bond donors (Lipinski definition) is 2. The van der Waals surface area contributed by atoms with Gasteiger partial charge >= 0.3 is 0 Å². The minimum absolute atomic E-state index is 0.0445. The number of carbonyl (C=O) groups is 1. The smallest absolute Gasteiger partial charge is 0.229 e. The van der Waals surface area contributed by atoms with Gasteiger partial charge in [0.15, 0.2) is 0 Å². The van der Waals surface area contributed by atoms with Crippen LogP contribution in [0.5, 0.6) is 0 Å². The second-order valence-electron chi connectivity index (χ2n) is 11.2. The molecule has 6 rings (SSSR count). The van der Waals surface area contributed by atoms with E-state index in [0.29, 0.717) is 18.5 Å². The highest BCUT2D eigenvalue weighted by Gasteiger charge is 2.46. The highest BCUT2D eigenvalue weighted by atomic mass is 19.1. The maximum absolute atomic E-state index is 13.1. The Hall–Kier alpha value is -3.06. The molecule has 0 radical (unpaired) electrons. The molecule has 2 N–H and O–H groups in total. The number of piperidine rings is 3. The molecule has 1 amide bonds. The number of nitrogens with zero attached hydrogens (tertiary/aromatic N) is 3. The Bertz CT molecular complexity index is 1170. The third kappa shape index (κ3) is 5.30. The zero-order valence-corrected chi connectivity index (χ0v) is 20.8. The Kier molecular flexibility index (Phi) is 6.45. The topological polar surface area (TPSA) is 64.2 Å². The van der Waals surface area contributed by atoms with Crippen LogP contribution >= 0.6 is 0 Å².